The molecule has 1 fully saturated rings. The van der Waals surface area contributed by atoms with Crippen molar-refractivity contribution >= 4 is 39.1 Å². The van der Waals surface area contributed by atoms with E-state index in [0.29, 0.717) is 36.7 Å². The summed E-state index contributed by atoms with van der Waals surface area (Å²) in [6.07, 6.45) is 0. The Balaban J connectivity index is 1.48. The number of ether oxygens (including phenoxy) is 1. The number of sulfonamides is 1. The Morgan fingerprint density at radius 3 is 2.27 bits per heavy atom. The SMILES string of the molecule is CCOc1ccc(S(=O)(=O)N(CC(=O)Nc2ccc(C(=O)N3CCN(C)CC3)cc2)Cc2ccccc2)cc1Cl. The normalized spacial score (nSPS) is 14.2. The highest BCUT2D eigenvalue weighted by Gasteiger charge is 2.28. The summed E-state index contributed by atoms with van der Waals surface area (Å²) in [5.41, 5.74) is 1.71. The van der Waals surface area contributed by atoms with Gasteiger partial charge in [-0.1, -0.05) is 41.9 Å². The van der Waals surface area contributed by atoms with E-state index >= 15 is 0 Å². The molecule has 0 spiro atoms. The number of piperazine rings is 1. The number of carbonyl (C=O) groups excluding carboxylic acids is 2. The van der Waals surface area contributed by atoms with Crippen LogP contribution < -0.4 is 10.1 Å². The predicted octanol–water partition coefficient (Wildman–Crippen LogP) is 3.96. The van der Waals surface area contributed by atoms with E-state index in [9.17, 15) is 18.0 Å². The molecule has 0 saturated carbocycles. The lowest BCUT2D eigenvalue weighted by Gasteiger charge is -2.32. The van der Waals surface area contributed by atoms with E-state index in [4.69, 9.17) is 16.3 Å². The molecular weight excluding hydrogens is 552 g/mol. The minimum absolute atomic E-state index is 0.0140. The van der Waals surface area contributed by atoms with Gasteiger partial charge in [-0.25, -0.2) is 8.42 Å². The first-order valence-electron chi connectivity index (χ1n) is 13.0. The van der Waals surface area contributed by atoms with Crippen molar-refractivity contribution in [3.63, 3.8) is 0 Å². The Labute approximate surface area is 240 Å². The Kier molecular flexibility index (Phi) is 9.80. The Morgan fingerprint density at radius 1 is 0.975 bits per heavy atom. The van der Waals surface area contributed by atoms with E-state index in [1.54, 1.807) is 55.5 Å². The smallest absolute Gasteiger partial charge is 0.253 e. The molecule has 4 rings (SSSR count). The molecule has 11 heteroatoms. The number of halogens is 1. The third-order valence-electron chi connectivity index (χ3n) is 6.57. The highest BCUT2D eigenvalue weighted by atomic mass is 35.5. The van der Waals surface area contributed by atoms with Crippen molar-refractivity contribution in [2.45, 2.75) is 18.4 Å². The van der Waals surface area contributed by atoms with Gasteiger partial charge in [-0.05, 0) is 62.0 Å². The number of benzene rings is 3. The zero-order chi connectivity index (χ0) is 28.7. The average molecular weight is 585 g/mol. The molecule has 0 unspecified atom stereocenters. The topological polar surface area (TPSA) is 99.3 Å². The number of rotatable bonds is 10. The summed E-state index contributed by atoms with van der Waals surface area (Å²) < 4.78 is 33.8. The van der Waals surface area contributed by atoms with Crippen molar-refractivity contribution in [3.05, 3.63) is 88.9 Å². The van der Waals surface area contributed by atoms with Crippen LogP contribution in [0.5, 0.6) is 5.75 Å². The summed E-state index contributed by atoms with van der Waals surface area (Å²) in [7, 11) is -2.07. The average Bonchev–Trinajstić information content (AvgIpc) is 2.95. The van der Waals surface area contributed by atoms with Crippen LogP contribution in [0.1, 0.15) is 22.8 Å². The number of nitrogens with zero attached hydrogens (tertiary/aromatic N) is 3. The largest absolute Gasteiger partial charge is 0.492 e. The van der Waals surface area contributed by atoms with E-state index in [-0.39, 0.29) is 22.4 Å². The fourth-order valence-corrected chi connectivity index (χ4v) is 6.04. The van der Waals surface area contributed by atoms with Gasteiger partial charge in [0.1, 0.15) is 5.75 Å². The molecule has 0 radical (unpaired) electrons. The monoisotopic (exact) mass is 584 g/mol. The number of amides is 2. The molecule has 3 aromatic rings. The van der Waals surface area contributed by atoms with E-state index in [1.165, 1.54) is 18.2 Å². The van der Waals surface area contributed by atoms with Crippen molar-refractivity contribution < 1.29 is 22.7 Å². The van der Waals surface area contributed by atoms with Crippen LogP contribution >= 0.6 is 11.6 Å². The molecule has 0 bridgehead atoms. The van der Waals surface area contributed by atoms with E-state index < -0.39 is 22.5 Å². The molecule has 9 nitrogen and oxygen atoms in total. The summed E-state index contributed by atoms with van der Waals surface area (Å²) in [6, 6.07) is 19.9. The highest BCUT2D eigenvalue weighted by Crippen LogP contribution is 2.29. The molecule has 1 N–H and O–H groups in total. The van der Waals surface area contributed by atoms with Crippen LogP contribution in [0.25, 0.3) is 0 Å². The molecule has 1 aliphatic heterocycles. The maximum atomic E-state index is 13.6. The van der Waals surface area contributed by atoms with Crippen molar-refractivity contribution in [3.8, 4) is 5.75 Å². The molecular formula is C29H33ClN4O5S. The summed E-state index contributed by atoms with van der Waals surface area (Å²) >= 11 is 6.27. The fraction of sp³-hybridized carbons (Fsp3) is 0.310. The van der Waals surface area contributed by atoms with Gasteiger partial charge in [0.15, 0.2) is 0 Å². The molecule has 1 heterocycles. The molecule has 3 aromatic carbocycles. The van der Waals surface area contributed by atoms with Gasteiger partial charge in [0.25, 0.3) is 5.91 Å². The van der Waals surface area contributed by atoms with Crippen LogP contribution in [0.15, 0.2) is 77.7 Å². The second kappa shape index (κ2) is 13.3. The molecule has 1 saturated heterocycles. The lowest BCUT2D eigenvalue weighted by molar-refractivity contribution is -0.116. The molecule has 2 amide bonds. The molecule has 0 atom stereocenters. The minimum Gasteiger partial charge on any atom is -0.492 e. The van der Waals surface area contributed by atoms with Crippen LogP contribution in [0.3, 0.4) is 0 Å². The lowest BCUT2D eigenvalue weighted by atomic mass is 10.1. The number of anilines is 1. The van der Waals surface area contributed by atoms with E-state index in [0.717, 1.165) is 23.0 Å². The van der Waals surface area contributed by atoms with Gasteiger partial charge in [-0.3, -0.25) is 9.59 Å². The maximum Gasteiger partial charge on any atom is 0.253 e. The third kappa shape index (κ3) is 7.39. The quantitative estimate of drug-likeness (QED) is 0.387. The van der Waals surface area contributed by atoms with Gasteiger partial charge in [0.05, 0.1) is 23.1 Å². The second-order valence-electron chi connectivity index (χ2n) is 9.50. The summed E-state index contributed by atoms with van der Waals surface area (Å²) in [5.74, 6) is -0.195. The summed E-state index contributed by atoms with van der Waals surface area (Å²) in [6.45, 7) is 4.73. The number of likely N-dealkylation sites (N-methyl/N-ethyl adjacent to an activating group) is 1. The van der Waals surface area contributed by atoms with Crippen LogP contribution in [0.2, 0.25) is 5.02 Å². The maximum absolute atomic E-state index is 13.6. The van der Waals surface area contributed by atoms with Crippen molar-refractivity contribution in [2.75, 3.05) is 51.7 Å². The highest BCUT2D eigenvalue weighted by molar-refractivity contribution is 7.89. The van der Waals surface area contributed by atoms with Gasteiger partial charge in [-0.2, -0.15) is 4.31 Å². The van der Waals surface area contributed by atoms with Crippen molar-refractivity contribution in [1.29, 1.82) is 0 Å². The van der Waals surface area contributed by atoms with Crippen LogP contribution in [-0.2, 0) is 21.4 Å². The molecule has 1 aliphatic rings. The van der Waals surface area contributed by atoms with E-state index in [1.807, 2.05) is 18.0 Å². The number of nitrogens with one attached hydrogen (secondary N) is 1. The zero-order valence-electron chi connectivity index (χ0n) is 22.5. The minimum atomic E-state index is -4.10. The number of hydrogen-bond acceptors (Lipinski definition) is 6. The number of hydrogen-bond donors (Lipinski definition) is 1. The molecule has 212 valence electrons. The van der Waals surface area contributed by atoms with Crippen LogP contribution in [0.4, 0.5) is 5.69 Å². The first kappa shape index (κ1) is 29.5. The molecule has 0 aliphatic carbocycles. The van der Waals surface area contributed by atoms with Crippen LogP contribution in [0, 0.1) is 0 Å². The predicted molar refractivity (Wildman–Crippen MR) is 155 cm³/mol. The summed E-state index contributed by atoms with van der Waals surface area (Å²) in [5, 5.41) is 2.91. The van der Waals surface area contributed by atoms with Gasteiger partial charge in [0, 0.05) is 44.0 Å². The molecule has 0 aromatic heterocycles. The Bertz CT molecular complexity index is 1430. The summed E-state index contributed by atoms with van der Waals surface area (Å²) in [4.78, 5) is 29.8. The van der Waals surface area contributed by atoms with Gasteiger partial charge in [-0.15, -0.1) is 0 Å². The lowest BCUT2D eigenvalue weighted by Crippen LogP contribution is -2.47. The zero-order valence-corrected chi connectivity index (χ0v) is 24.1. The first-order chi connectivity index (χ1) is 19.2. The third-order valence-corrected chi connectivity index (χ3v) is 8.65. The van der Waals surface area contributed by atoms with Gasteiger partial charge in [0.2, 0.25) is 15.9 Å². The molecule has 40 heavy (non-hydrogen) atoms. The standard InChI is InChI=1S/C29H33ClN4O5S/c1-3-39-27-14-13-25(19-26(27)30)40(37,38)34(20-22-7-5-4-6-8-22)21-28(35)31-24-11-9-23(10-12-24)29(36)33-17-15-32(2)16-18-33/h4-14,19H,3,15-18,20-21H2,1-2H3,(H,31,35). The second-order valence-corrected chi connectivity index (χ2v) is 11.9. The fourth-order valence-electron chi connectivity index (χ4n) is 4.33. The number of carbonyl (C=O) groups is 2. The van der Waals surface area contributed by atoms with E-state index in [2.05, 4.69) is 10.2 Å². The van der Waals surface area contributed by atoms with Gasteiger partial charge >= 0.3 is 0 Å². The van der Waals surface area contributed by atoms with Gasteiger partial charge < -0.3 is 19.9 Å². The van der Waals surface area contributed by atoms with Crippen LogP contribution in [-0.4, -0.2) is 80.7 Å². The van der Waals surface area contributed by atoms with Crippen molar-refractivity contribution in [2.24, 2.45) is 0 Å². The Morgan fingerprint density at radius 2 is 1.65 bits per heavy atom. The first-order valence-corrected chi connectivity index (χ1v) is 14.8. The Hall–Kier alpha value is -3.44. The van der Waals surface area contributed by atoms with Crippen molar-refractivity contribution in [1.82, 2.24) is 14.1 Å².